The molecule has 0 saturated carbocycles. The van der Waals surface area contributed by atoms with Crippen LogP contribution in [0.15, 0.2) is 22.7 Å². The van der Waals surface area contributed by atoms with Crippen molar-refractivity contribution in [2.45, 2.75) is 6.04 Å². The molecule has 3 nitrogen and oxygen atoms in total. The minimum Gasteiger partial charge on any atom is -0.496 e. The monoisotopic (exact) mass is 272 g/mol. The second-order valence-corrected chi connectivity index (χ2v) is 4.52. The molecule has 0 heterocycles. The lowest BCUT2D eigenvalue weighted by atomic mass is 10.1. The predicted octanol–water partition coefficient (Wildman–Crippen LogP) is 2.02. The van der Waals surface area contributed by atoms with Gasteiger partial charge in [-0.3, -0.25) is 0 Å². The summed E-state index contributed by atoms with van der Waals surface area (Å²) in [6.45, 7) is 0.569. The Morgan fingerprint density at radius 1 is 1.47 bits per heavy atom. The Bertz CT molecular complexity index is 328. The van der Waals surface area contributed by atoms with Crippen LogP contribution in [0.4, 0.5) is 0 Å². The number of rotatable bonds is 4. The Hall–Kier alpha value is -0.580. The second kappa shape index (κ2) is 5.49. The van der Waals surface area contributed by atoms with Crippen LogP contribution in [0.3, 0.4) is 0 Å². The highest BCUT2D eigenvalue weighted by Crippen LogP contribution is 2.30. The highest BCUT2D eigenvalue weighted by atomic mass is 79.9. The quantitative estimate of drug-likeness (QED) is 0.912. The zero-order valence-electron chi connectivity index (χ0n) is 9.33. The Morgan fingerprint density at radius 3 is 2.60 bits per heavy atom. The molecule has 15 heavy (non-hydrogen) atoms. The minimum absolute atomic E-state index is 0.178. The van der Waals surface area contributed by atoms with E-state index in [1.807, 2.05) is 26.2 Å². The van der Waals surface area contributed by atoms with Gasteiger partial charge in [0, 0.05) is 16.6 Å². The Kier molecular flexibility index (Phi) is 4.57. The smallest absolute Gasteiger partial charge is 0.123 e. The molecule has 1 atom stereocenters. The van der Waals surface area contributed by atoms with Crippen LogP contribution in [-0.4, -0.2) is 32.6 Å². The first-order valence-electron chi connectivity index (χ1n) is 4.80. The highest BCUT2D eigenvalue weighted by Gasteiger charge is 2.16. The summed E-state index contributed by atoms with van der Waals surface area (Å²) in [6.07, 6.45) is 0. The zero-order chi connectivity index (χ0) is 11.4. The van der Waals surface area contributed by atoms with Crippen LogP contribution < -0.4 is 10.5 Å². The molecule has 0 fully saturated rings. The number of hydrogen-bond acceptors (Lipinski definition) is 3. The molecule has 84 valence electrons. The summed E-state index contributed by atoms with van der Waals surface area (Å²) in [6, 6.07) is 6.14. The van der Waals surface area contributed by atoms with E-state index in [-0.39, 0.29) is 6.04 Å². The maximum atomic E-state index is 5.77. The van der Waals surface area contributed by atoms with Crippen LogP contribution in [0.2, 0.25) is 0 Å². The number of nitrogens with two attached hydrogens (primary N) is 1. The topological polar surface area (TPSA) is 38.5 Å². The molecule has 0 aliphatic rings. The number of hydrogen-bond donors (Lipinski definition) is 1. The van der Waals surface area contributed by atoms with Crippen LogP contribution in [-0.2, 0) is 0 Å². The third-order valence-corrected chi connectivity index (χ3v) is 2.89. The summed E-state index contributed by atoms with van der Waals surface area (Å²) in [5.41, 5.74) is 6.88. The lowest BCUT2D eigenvalue weighted by molar-refractivity contribution is 0.294. The average molecular weight is 273 g/mol. The number of halogens is 1. The van der Waals surface area contributed by atoms with Gasteiger partial charge in [-0.05, 0) is 32.3 Å². The summed E-state index contributed by atoms with van der Waals surface area (Å²) >= 11 is 3.46. The number of nitrogens with zero attached hydrogens (tertiary/aromatic N) is 1. The van der Waals surface area contributed by atoms with Crippen molar-refractivity contribution in [3.63, 3.8) is 0 Å². The van der Waals surface area contributed by atoms with Crippen molar-refractivity contribution in [1.29, 1.82) is 0 Å². The molecule has 4 heteroatoms. The molecular weight excluding hydrogens is 256 g/mol. The first-order valence-corrected chi connectivity index (χ1v) is 5.59. The lowest BCUT2D eigenvalue weighted by Gasteiger charge is -2.25. The van der Waals surface area contributed by atoms with E-state index in [2.05, 4.69) is 26.9 Å². The number of methoxy groups -OCH3 is 1. The Morgan fingerprint density at radius 2 is 2.13 bits per heavy atom. The summed E-state index contributed by atoms with van der Waals surface area (Å²) < 4.78 is 6.37. The van der Waals surface area contributed by atoms with E-state index >= 15 is 0 Å². The van der Waals surface area contributed by atoms with Gasteiger partial charge in [0.2, 0.25) is 0 Å². The molecular formula is C11H17BrN2O. The fourth-order valence-corrected chi connectivity index (χ4v) is 1.96. The highest BCUT2D eigenvalue weighted by molar-refractivity contribution is 9.10. The van der Waals surface area contributed by atoms with Crippen molar-refractivity contribution in [1.82, 2.24) is 4.90 Å². The van der Waals surface area contributed by atoms with Crippen LogP contribution in [0.5, 0.6) is 5.75 Å². The molecule has 0 aromatic heterocycles. The van der Waals surface area contributed by atoms with Gasteiger partial charge < -0.3 is 15.4 Å². The van der Waals surface area contributed by atoms with E-state index in [1.165, 1.54) is 0 Å². The number of benzene rings is 1. The second-order valence-electron chi connectivity index (χ2n) is 3.60. The number of likely N-dealkylation sites (N-methyl/N-ethyl adjacent to an activating group) is 1. The molecule has 0 radical (unpaired) electrons. The van der Waals surface area contributed by atoms with Gasteiger partial charge in [0.15, 0.2) is 0 Å². The molecule has 0 spiro atoms. The van der Waals surface area contributed by atoms with Gasteiger partial charge >= 0.3 is 0 Å². The lowest BCUT2D eigenvalue weighted by Crippen LogP contribution is -2.27. The van der Waals surface area contributed by atoms with E-state index < -0.39 is 0 Å². The largest absolute Gasteiger partial charge is 0.496 e. The van der Waals surface area contributed by atoms with Crippen LogP contribution in [0, 0.1) is 0 Å². The maximum Gasteiger partial charge on any atom is 0.123 e. The first kappa shape index (κ1) is 12.5. The molecule has 0 aliphatic heterocycles. The molecule has 1 rings (SSSR count). The standard InChI is InChI=1S/C11H17BrN2O/c1-14(2)10(7-13)9-6-8(12)4-5-11(9)15-3/h4-6,10H,7,13H2,1-3H3. The predicted molar refractivity (Wildman–Crippen MR) is 66.2 cm³/mol. The third kappa shape index (κ3) is 2.93. The van der Waals surface area contributed by atoms with Gasteiger partial charge in [-0.25, -0.2) is 0 Å². The van der Waals surface area contributed by atoms with Gasteiger partial charge in [-0.15, -0.1) is 0 Å². The maximum absolute atomic E-state index is 5.77. The Labute approximate surface area is 99.3 Å². The SMILES string of the molecule is COc1ccc(Br)cc1C(CN)N(C)C. The van der Waals surface area contributed by atoms with Crippen molar-refractivity contribution < 1.29 is 4.74 Å². The fourth-order valence-electron chi connectivity index (χ4n) is 1.58. The van der Waals surface area contributed by atoms with Gasteiger partial charge in [-0.1, -0.05) is 15.9 Å². The van der Waals surface area contributed by atoms with Crippen molar-refractivity contribution in [2.75, 3.05) is 27.7 Å². The van der Waals surface area contributed by atoms with E-state index in [1.54, 1.807) is 7.11 Å². The third-order valence-electron chi connectivity index (χ3n) is 2.40. The molecule has 2 N–H and O–H groups in total. The van der Waals surface area contributed by atoms with E-state index in [0.717, 1.165) is 15.8 Å². The molecule has 0 saturated heterocycles. The molecule has 0 amide bonds. The minimum atomic E-state index is 0.178. The summed E-state index contributed by atoms with van der Waals surface area (Å²) in [7, 11) is 5.70. The van der Waals surface area contributed by atoms with Gasteiger partial charge in [-0.2, -0.15) is 0 Å². The van der Waals surface area contributed by atoms with Gasteiger partial charge in [0.05, 0.1) is 13.2 Å². The van der Waals surface area contributed by atoms with Gasteiger partial charge in [0.25, 0.3) is 0 Å². The summed E-state index contributed by atoms with van der Waals surface area (Å²) in [5, 5.41) is 0. The van der Waals surface area contributed by atoms with Gasteiger partial charge in [0.1, 0.15) is 5.75 Å². The molecule has 1 aromatic carbocycles. The van der Waals surface area contributed by atoms with E-state index in [4.69, 9.17) is 10.5 Å². The van der Waals surface area contributed by atoms with E-state index in [9.17, 15) is 0 Å². The van der Waals surface area contributed by atoms with Crippen LogP contribution in [0.1, 0.15) is 11.6 Å². The average Bonchev–Trinajstić information content (AvgIpc) is 2.18. The molecule has 0 bridgehead atoms. The fraction of sp³-hybridized carbons (Fsp3) is 0.455. The van der Waals surface area contributed by atoms with Crippen molar-refractivity contribution in [2.24, 2.45) is 5.73 Å². The molecule has 0 aliphatic carbocycles. The first-order chi connectivity index (χ1) is 7.10. The zero-order valence-corrected chi connectivity index (χ0v) is 10.9. The Balaban J connectivity index is 3.13. The van der Waals surface area contributed by atoms with E-state index in [0.29, 0.717) is 6.54 Å². The van der Waals surface area contributed by atoms with Crippen LogP contribution >= 0.6 is 15.9 Å². The van der Waals surface area contributed by atoms with Crippen molar-refractivity contribution in [3.05, 3.63) is 28.2 Å². The normalized spacial score (nSPS) is 12.9. The summed E-state index contributed by atoms with van der Waals surface area (Å²) in [5.74, 6) is 0.877. The van der Waals surface area contributed by atoms with Crippen molar-refractivity contribution >= 4 is 15.9 Å². The van der Waals surface area contributed by atoms with Crippen LogP contribution in [0.25, 0.3) is 0 Å². The number of ether oxygens (including phenoxy) is 1. The summed E-state index contributed by atoms with van der Waals surface area (Å²) in [4.78, 5) is 2.09. The van der Waals surface area contributed by atoms with Crippen molar-refractivity contribution in [3.8, 4) is 5.75 Å². The molecule has 1 aromatic rings. The molecule has 1 unspecified atom stereocenters.